The Balaban J connectivity index is 2.56. The number of aryl methyl sites for hydroxylation is 1. The molecule has 1 N–H and O–H groups in total. The maximum Gasteiger partial charge on any atom is 0.137 e. The minimum atomic E-state index is -0.172. The van der Waals surface area contributed by atoms with Crippen LogP contribution < -0.4 is 5.32 Å². The summed E-state index contributed by atoms with van der Waals surface area (Å²) in [5.41, 5.74) is 1.05. The van der Waals surface area contributed by atoms with Crippen molar-refractivity contribution in [2.45, 2.75) is 38.6 Å². The van der Waals surface area contributed by atoms with Crippen molar-refractivity contribution in [3.63, 3.8) is 0 Å². The first-order valence-electron chi connectivity index (χ1n) is 5.79. The van der Waals surface area contributed by atoms with Gasteiger partial charge >= 0.3 is 0 Å². The Hall–Kier alpha value is -0.410. The molecule has 0 fully saturated rings. The lowest BCUT2D eigenvalue weighted by atomic mass is 10.0. The molecular formula is C13H19BrFN. The van der Waals surface area contributed by atoms with Crippen LogP contribution in [0.4, 0.5) is 4.39 Å². The average Bonchev–Trinajstić information content (AvgIpc) is 2.29. The van der Waals surface area contributed by atoms with Crippen molar-refractivity contribution in [1.29, 1.82) is 0 Å². The molecule has 0 aliphatic heterocycles. The molecule has 0 spiro atoms. The first-order valence-corrected chi connectivity index (χ1v) is 6.58. The largest absolute Gasteiger partial charge is 0.317 e. The number of rotatable bonds is 6. The Morgan fingerprint density at radius 2 is 2.12 bits per heavy atom. The van der Waals surface area contributed by atoms with E-state index in [9.17, 15) is 4.39 Å². The predicted octanol–water partition coefficient (Wildman–Crippen LogP) is 3.91. The minimum absolute atomic E-state index is 0.172. The van der Waals surface area contributed by atoms with Crippen LogP contribution in [0.3, 0.4) is 0 Å². The van der Waals surface area contributed by atoms with E-state index >= 15 is 0 Å². The molecule has 16 heavy (non-hydrogen) atoms. The summed E-state index contributed by atoms with van der Waals surface area (Å²) in [7, 11) is 1.99. The molecule has 0 aliphatic carbocycles. The van der Waals surface area contributed by atoms with Crippen molar-refractivity contribution in [1.82, 2.24) is 5.32 Å². The summed E-state index contributed by atoms with van der Waals surface area (Å²) in [6.07, 6.45) is 4.30. The van der Waals surface area contributed by atoms with Crippen LogP contribution in [0, 0.1) is 5.82 Å². The maximum absolute atomic E-state index is 13.3. The lowest BCUT2D eigenvalue weighted by Crippen LogP contribution is -2.25. The number of hydrogen-bond donors (Lipinski definition) is 1. The van der Waals surface area contributed by atoms with Gasteiger partial charge in [0.15, 0.2) is 0 Å². The highest BCUT2D eigenvalue weighted by Crippen LogP contribution is 2.22. The van der Waals surface area contributed by atoms with Crippen LogP contribution >= 0.6 is 15.9 Å². The zero-order valence-corrected chi connectivity index (χ0v) is 11.5. The Morgan fingerprint density at radius 1 is 1.38 bits per heavy atom. The average molecular weight is 288 g/mol. The molecule has 3 heteroatoms. The monoisotopic (exact) mass is 287 g/mol. The lowest BCUT2D eigenvalue weighted by molar-refractivity contribution is 0.483. The molecule has 1 atom stereocenters. The highest BCUT2D eigenvalue weighted by atomic mass is 79.9. The van der Waals surface area contributed by atoms with E-state index in [1.807, 2.05) is 13.1 Å². The van der Waals surface area contributed by atoms with Gasteiger partial charge in [-0.25, -0.2) is 4.39 Å². The van der Waals surface area contributed by atoms with E-state index < -0.39 is 0 Å². The summed E-state index contributed by atoms with van der Waals surface area (Å²) in [6.45, 7) is 2.18. The number of hydrogen-bond acceptors (Lipinski definition) is 1. The fourth-order valence-corrected chi connectivity index (χ4v) is 2.32. The van der Waals surface area contributed by atoms with Gasteiger partial charge in [0, 0.05) is 6.04 Å². The molecule has 0 saturated heterocycles. The summed E-state index contributed by atoms with van der Waals surface area (Å²) >= 11 is 3.30. The van der Waals surface area contributed by atoms with Gasteiger partial charge in [-0.1, -0.05) is 25.5 Å². The molecule has 0 amide bonds. The van der Waals surface area contributed by atoms with Gasteiger partial charge in [-0.15, -0.1) is 0 Å². The van der Waals surface area contributed by atoms with Gasteiger partial charge in [-0.3, -0.25) is 0 Å². The quantitative estimate of drug-likeness (QED) is 0.837. The van der Waals surface area contributed by atoms with Gasteiger partial charge in [0.1, 0.15) is 5.82 Å². The SMILES string of the molecule is CCCC(CCc1cccc(F)c1Br)NC. The molecule has 1 nitrogen and oxygen atoms in total. The molecule has 0 aromatic heterocycles. The summed E-state index contributed by atoms with van der Waals surface area (Å²) < 4.78 is 13.9. The summed E-state index contributed by atoms with van der Waals surface area (Å²) in [5, 5.41) is 3.30. The van der Waals surface area contributed by atoms with E-state index in [1.165, 1.54) is 18.9 Å². The van der Waals surface area contributed by atoms with Gasteiger partial charge in [0.05, 0.1) is 4.47 Å². The molecule has 0 bridgehead atoms. The number of benzene rings is 1. The van der Waals surface area contributed by atoms with Crippen LogP contribution in [0.1, 0.15) is 31.7 Å². The third kappa shape index (κ3) is 3.87. The van der Waals surface area contributed by atoms with Crippen LogP contribution in [0.25, 0.3) is 0 Å². The molecule has 0 aliphatic rings. The fraction of sp³-hybridized carbons (Fsp3) is 0.538. The van der Waals surface area contributed by atoms with E-state index in [1.54, 1.807) is 6.07 Å². The van der Waals surface area contributed by atoms with Crippen LogP contribution in [0.2, 0.25) is 0 Å². The number of halogens is 2. The smallest absolute Gasteiger partial charge is 0.137 e. The predicted molar refractivity (Wildman–Crippen MR) is 70.2 cm³/mol. The first kappa shape index (κ1) is 13.7. The van der Waals surface area contributed by atoms with Gasteiger partial charge in [0.25, 0.3) is 0 Å². The minimum Gasteiger partial charge on any atom is -0.317 e. The molecular weight excluding hydrogens is 269 g/mol. The second-order valence-electron chi connectivity index (χ2n) is 4.03. The van der Waals surface area contributed by atoms with Crippen LogP contribution in [0.15, 0.2) is 22.7 Å². The van der Waals surface area contributed by atoms with Gasteiger partial charge in [0.2, 0.25) is 0 Å². The topological polar surface area (TPSA) is 12.0 Å². The maximum atomic E-state index is 13.3. The highest BCUT2D eigenvalue weighted by Gasteiger charge is 2.08. The van der Waals surface area contributed by atoms with Gasteiger partial charge in [-0.2, -0.15) is 0 Å². The van der Waals surface area contributed by atoms with Crippen molar-refractivity contribution in [2.75, 3.05) is 7.05 Å². The Labute approximate surface area is 106 Å². The van der Waals surface area contributed by atoms with E-state index in [0.29, 0.717) is 10.5 Å². The second kappa shape index (κ2) is 7.02. The molecule has 0 saturated carbocycles. The molecule has 1 unspecified atom stereocenters. The van der Waals surface area contributed by atoms with Crippen LogP contribution in [-0.2, 0) is 6.42 Å². The molecule has 1 aromatic carbocycles. The Bertz CT molecular complexity index is 328. The number of nitrogens with one attached hydrogen (secondary N) is 1. The lowest BCUT2D eigenvalue weighted by Gasteiger charge is -2.15. The van der Waals surface area contributed by atoms with Gasteiger partial charge < -0.3 is 5.32 Å². The Morgan fingerprint density at radius 3 is 2.75 bits per heavy atom. The third-order valence-electron chi connectivity index (χ3n) is 2.84. The molecule has 1 aromatic rings. The molecule has 0 heterocycles. The van der Waals surface area contributed by atoms with Crippen molar-refractivity contribution < 1.29 is 4.39 Å². The fourth-order valence-electron chi connectivity index (χ4n) is 1.85. The van der Waals surface area contributed by atoms with Crippen molar-refractivity contribution in [3.8, 4) is 0 Å². The molecule has 90 valence electrons. The molecule has 1 rings (SSSR count). The zero-order chi connectivity index (χ0) is 12.0. The summed E-state index contributed by atoms with van der Waals surface area (Å²) in [5.74, 6) is -0.172. The van der Waals surface area contributed by atoms with Crippen molar-refractivity contribution >= 4 is 15.9 Å². The van der Waals surface area contributed by atoms with Crippen molar-refractivity contribution in [3.05, 3.63) is 34.1 Å². The van der Waals surface area contributed by atoms with E-state index in [4.69, 9.17) is 0 Å². The van der Waals surface area contributed by atoms with Gasteiger partial charge in [-0.05, 0) is 53.9 Å². The molecule has 0 radical (unpaired) electrons. The van der Waals surface area contributed by atoms with E-state index in [0.717, 1.165) is 18.4 Å². The zero-order valence-electron chi connectivity index (χ0n) is 9.89. The normalized spacial score (nSPS) is 12.8. The summed E-state index contributed by atoms with van der Waals surface area (Å²) in [4.78, 5) is 0. The van der Waals surface area contributed by atoms with Crippen LogP contribution in [-0.4, -0.2) is 13.1 Å². The first-order chi connectivity index (χ1) is 7.69. The van der Waals surface area contributed by atoms with Crippen LogP contribution in [0.5, 0.6) is 0 Å². The van der Waals surface area contributed by atoms with E-state index in [-0.39, 0.29) is 5.82 Å². The van der Waals surface area contributed by atoms with E-state index in [2.05, 4.69) is 28.2 Å². The second-order valence-corrected chi connectivity index (χ2v) is 4.82. The summed E-state index contributed by atoms with van der Waals surface area (Å²) in [6, 6.07) is 5.75. The standard InChI is InChI=1S/C13H19BrFN/c1-3-5-11(16-2)9-8-10-6-4-7-12(15)13(10)14/h4,6-7,11,16H,3,5,8-9H2,1-2H3. The Kier molecular flexibility index (Phi) is 5.99. The highest BCUT2D eigenvalue weighted by molar-refractivity contribution is 9.10. The third-order valence-corrected chi connectivity index (χ3v) is 3.73. The van der Waals surface area contributed by atoms with Crippen molar-refractivity contribution in [2.24, 2.45) is 0 Å².